The lowest BCUT2D eigenvalue weighted by atomic mass is 9.95. The minimum atomic E-state index is -1.12. The fourth-order valence-corrected chi connectivity index (χ4v) is 6.17. The minimum absolute atomic E-state index is 0.00137. The normalized spacial score (nSPS) is 16.8. The smallest absolute Gasteiger partial charge is 0.350 e. The van der Waals surface area contributed by atoms with Crippen LogP contribution in [0.25, 0.3) is 5.76 Å². The molecule has 5 rings (SSSR count). The van der Waals surface area contributed by atoms with Crippen LogP contribution in [0.1, 0.15) is 65.6 Å². The number of aliphatic hydroxyl groups excluding tert-OH is 1. The van der Waals surface area contributed by atoms with Crippen LogP contribution in [0, 0.1) is 6.92 Å². The predicted octanol–water partition coefficient (Wildman–Crippen LogP) is 6.16. The molecule has 0 bridgehead atoms. The Kier molecular flexibility index (Phi) is 10.3. The highest BCUT2D eigenvalue weighted by molar-refractivity contribution is 7.17. The number of aromatic nitrogens is 1. The Morgan fingerprint density at radius 3 is 2.61 bits per heavy atom. The van der Waals surface area contributed by atoms with E-state index in [4.69, 9.17) is 23.7 Å². The number of carbonyl (C=O) groups is 3. The number of ether oxygens (including phenoxy) is 5. The molecule has 1 aromatic heterocycles. The third-order valence-corrected chi connectivity index (χ3v) is 8.49. The molecule has 12 heteroatoms. The van der Waals surface area contributed by atoms with E-state index in [0.29, 0.717) is 60.7 Å². The lowest BCUT2D eigenvalue weighted by Gasteiger charge is -2.24. The van der Waals surface area contributed by atoms with E-state index in [9.17, 15) is 19.5 Å². The third-order valence-electron chi connectivity index (χ3n) is 7.36. The first kappa shape index (κ1) is 32.6. The lowest BCUT2D eigenvalue weighted by Crippen LogP contribution is -2.29. The van der Waals surface area contributed by atoms with Gasteiger partial charge in [-0.25, -0.2) is 9.78 Å². The maximum absolute atomic E-state index is 13.8. The second kappa shape index (κ2) is 14.5. The van der Waals surface area contributed by atoms with Crippen molar-refractivity contribution in [2.24, 2.45) is 0 Å². The lowest BCUT2D eigenvalue weighted by molar-refractivity contribution is -0.132. The molecule has 1 unspecified atom stereocenters. The third kappa shape index (κ3) is 6.57. The molecule has 0 radical (unpaired) electrons. The highest BCUT2D eigenvalue weighted by Gasteiger charge is 2.49. The topological polar surface area (TPSA) is 134 Å². The van der Waals surface area contributed by atoms with Crippen LogP contribution in [0.3, 0.4) is 0 Å². The van der Waals surface area contributed by atoms with Crippen LogP contribution in [-0.2, 0) is 14.3 Å². The number of thiazole rings is 1. The number of fused-ring (bicyclic) bond motifs is 1. The molecule has 1 fully saturated rings. The first-order valence-electron chi connectivity index (χ1n) is 15.1. The molecule has 3 aromatic rings. The maximum Gasteiger partial charge on any atom is 0.350 e. The number of aliphatic hydroxyl groups is 1. The molecule has 3 heterocycles. The molecule has 2 aliphatic heterocycles. The molecule has 46 heavy (non-hydrogen) atoms. The van der Waals surface area contributed by atoms with E-state index in [1.807, 2.05) is 6.92 Å². The molecule has 11 nitrogen and oxygen atoms in total. The summed E-state index contributed by atoms with van der Waals surface area (Å²) in [5.41, 5.74) is 0.889. The zero-order valence-electron chi connectivity index (χ0n) is 26.0. The van der Waals surface area contributed by atoms with Crippen LogP contribution in [0.2, 0.25) is 0 Å². The molecule has 242 valence electrons. The summed E-state index contributed by atoms with van der Waals surface area (Å²) in [4.78, 5) is 46.2. The van der Waals surface area contributed by atoms with Crippen LogP contribution in [-0.4, -0.2) is 60.8 Å². The Balaban J connectivity index is 1.64. The fraction of sp³-hybridized carbons (Fsp3) is 0.353. The second-order valence-corrected chi connectivity index (χ2v) is 11.5. The highest BCUT2D eigenvalue weighted by Crippen LogP contribution is 2.46. The SMILES string of the molecule is C=CCOC(=O)c1sc(N2C(=O)C(=O)/C(=C(/O)c3ccc4c(c3)OCCO4)C2c2ccc(OCCCCC)c(OCC)c2)nc1C. The molecule has 0 spiro atoms. The van der Waals surface area contributed by atoms with Gasteiger partial charge in [-0.05, 0) is 56.2 Å². The summed E-state index contributed by atoms with van der Waals surface area (Å²) >= 11 is 0.917. The van der Waals surface area contributed by atoms with Crippen LogP contribution >= 0.6 is 11.3 Å². The van der Waals surface area contributed by atoms with Gasteiger partial charge in [0.1, 0.15) is 30.5 Å². The van der Waals surface area contributed by atoms with Crippen LogP contribution < -0.4 is 23.8 Å². The Morgan fingerprint density at radius 2 is 1.87 bits per heavy atom. The van der Waals surface area contributed by atoms with Crippen molar-refractivity contribution in [2.45, 2.75) is 46.1 Å². The predicted molar refractivity (Wildman–Crippen MR) is 172 cm³/mol. The standard InChI is InChI=1S/C34H36N2O9S/c1-5-8-9-15-42-23-12-10-21(18-25(23)41-7-3)28-27(29(37)22-11-13-24-26(19-22)44-17-16-43-24)30(38)32(39)36(28)34-35-20(4)31(46-34)33(40)45-14-6-2/h6,10-13,18-19,28,37H,2,5,7-9,14-17H2,1,3-4H3/b29-27+. The molecule has 2 aliphatic rings. The van der Waals surface area contributed by atoms with E-state index in [0.717, 1.165) is 30.6 Å². The van der Waals surface area contributed by atoms with Gasteiger partial charge in [-0.15, -0.1) is 0 Å². The Labute approximate surface area is 271 Å². The molecule has 0 aliphatic carbocycles. The van der Waals surface area contributed by atoms with Crippen LogP contribution in [0.15, 0.2) is 54.6 Å². The van der Waals surface area contributed by atoms with Crippen molar-refractivity contribution >= 4 is 39.9 Å². The number of ketones is 1. The first-order chi connectivity index (χ1) is 22.3. The van der Waals surface area contributed by atoms with E-state index in [2.05, 4.69) is 18.5 Å². The summed E-state index contributed by atoms with van der Waals surface area (Å²) in [5, 5.41) is 11.8. The fourth-order valence-electron chi connectivity index (χ4n) is 5.18. The average molecular weight is 649 g/mol. The Bertz CT molecular complexity index is 1680. The summed E-state index contributed by atoms with van der Waals surface area (Å²) in [6.45, 7) is 10.7. The maximum atomic E-state index is 13.8. The molecule has 0 saturated carbocycles. The van der Waals surface area contributed by atoms with E-state index < -0.39 is 29.5 Å². The Morgan fingerprint density at radius 1 is 1.09 bits per heavy atom. The monoisotopic (exact) mass is 648 g/mol. The van der Waals surface area contributed by atoms with Crippen LogP contribution in [0.4, 0.5) is 5.13 Å². The number of benzene rings is 2. The zero-order valence-corrected chi connectivity index (χ0v) is 26.8. The summed E-state index contributed by atoms with van der Waals surface area (Å²) in [7, 11) is 0. The van der Waals surface area contributed by atoms with Crippen molar-refractivity contribution in [3.63, 3.8) is 0 Å². The van der Waals surface area contributed by atoms with Gasteiger partial charge in [0.25, 0.3) is 5.78 Å². The van der Waals surface area contributed by atoms with Crippen molar-refractivity contribution in [3.05, 3.63) is 76.3 Å². The number of esters is 1. The van der Waals surface area contributed by atoms with Gasteiger partial charge in [-0.2, -0.15) is 0 Å². The van der Waals surface area contributed by atoms with Gasteiger partial charge in [0.05, 0.1) is 30.5 Å². The summed E-state index contributed by atoms with van der Waals surface area (Å²) in [5.74, 6) is -1.02. The average Bonchev–Trinajstić information content (AvgIpc) is 3.57. The van der Waals surface area contributed by atoms with Gasteiger partial charge >= 0.3 is 11.9 Å². The number of nitrogens with zero attached hydrogens (tertiary/aromatic N) is 2. The molecular formula is C34H36N2O9S. The largest absolute Gasteiger partial charge is 0.507 e. The van der Waals surface area contributed by atoms with Crippen molar-refractivity contribution in [2.75, 3.05) is 37.9 Å². The summed E-state index contributed by atoms with van der Waals surface area (Å²) in [6.07, 6.45) is 4.39. The van der Waals surface area contributed by atoms with Gasteiger partial charge in [-0.3, -0.25) is 14.5 Å². The molecule has 1 N–H and O–H groups in total. The summed E-state index contributed by atoms with van der Waals surface area (Å²) < 4.78 is 28.4. The number of aryl methyl sites for hydroxylation is 1. The zero-order chi connectivity index (χ0) is 32.8. The number of anilines is 1. The van der Waals surface area contributed by atoms with Crippen molar-refractivity contribution < 1.29 is 43.2 Å². The quantitative estimate of drug-likeness (QED) is 0.0574. The number of amides is 1. The van der Waals surface area contributed by atoms with Gasteiger partial charge in [0.2, 0.25) is 0 Å². The van der Waals surface area contributed by atoms with E-state index in [1.165, 1.54) is 11.0 Å². The molecule has 1 amide bonds. The van der Waals surface area contributed by atoms with Gasteiger partial charge in [-0.1, -0.05) is 49.8 Å². The number of Topliss-reactive ketones (excluding diaryl/α,β-unsaturated/α-hetero) is 1. The van der Waals surface area contributed by atoms with Crippen molar-refractivity contribution in [1.82, 2.24) is 4.98 Å². The first-order valence-corrected chi connectivity index (χ1v) is 16.0. The molecular weight excluding hydrogens is 612 g/mol. The van der Waals surface area contributed by atoms with Gasteiger partial charge < -0.3 is 28.8 Å². The van der Waals surface area contributed by atoms with Crippen molar-refractivity contribution in [1.29, 1.82) is 0 Å². The molecule has 1 saturated heterocycles. The van der Waals surface area contributed by atoms with E-state index >= 15 is 0 Å². The van der Waals surface area contributed by atoms with Crippen LogP contribution in [0.5, 0.6) is 23.0 Å². The number of hydrogen-bond donors (Lipinski definition) is 1. The number of unbranched alkanes of at least 4 members (excludes halogenated alkanes) is 2. The summed E-state index contributed by atoms with van der Waals surface area (Å²) in [6, 6.07) is 8.81. The number of rotatable bonds is 13. The van der Waals surface area contributed by atoms with Crippen molar-refractivity contribution in [3.8, 4) is 23.0 Å². The number of carbonyl (C=O) groups excluding carboxylic acids is 3. The highest BCUT2D eigenvalue weighted by atomic mass is 32.1. The Hall–Kier alpha value is -4.84. The minimum Gasteiger partial charge on any atom is -0.507 e. The van der Waals surface area contributed by atoms with E-state index in [1.54, 1.807) is 43.3 Å². The number of hydrogen-bond acceptors (Lipinski definition) is 11. The van der Waals surface area contributed by atoms with Gasteiger partial charge in [0.15, 0.2) is 28.1 Å². The van der Waals surface area contributed by atoms with Gasteiger partial charge in [0, 0.05) is 5.56 Å². The molecule has 2 aromatic carbocycles. The second-order valence-electron chi connectivity index (χ2n) is 10.5. The molecule has 1 atom stereocenters. The van der Waals surface area contributed by atoms with E-state index in [-0.39, 0.29) is 27.8 Å².